The van der Waals surface area contributed by atoms with Gasteiger partial charge in [-0.05, 0) is 37.8 Å². The summed E-state index contributed by atoms with van der Waals surface area (Å²) in [7, 11) is 0. The highest BCUT2D eigenvalue weighted by Crippen LogP contribution is 2.41. The maximum absolute atomic E-state index is 12.6. The first-order chi connectivity index (χ1) is 11.8. The monoisotopic (exact) mass is 344 g/mol. The molecule has 1 atom stereocenters. The summed E-state index contributed by atoms with van der Waals surface area (Å²) in [5, 5.41) is 5.57. The predicted octanol–water partition coefficient (Wildman–Crippen LogP) is 3.83. The SMILES string of the molecule is O=C(Nc1nc(C2CC2)cs1)c1ccccc1OCC1CCCO1. The average Bonchev–Trinajstić information content (AvgIpc) is 3.12. The zero-order valence-electron chi connectivity index (χ0n) is 13.4. The topological polar surface area (TPSA) is 60.5 Å². The fraction of sp³-hybridized carbons (Fsp3) is 0.444. The summed E-state index contributed by atoms with van der Waals surface area (Å²) in [4.78, 5) is 17.1. The number of hydrogen-bond acceptors (Lipinski definition) is 5. The van der Waals surface area contributed by atoms with Gasteiger partial charge < -0.3 is 9.47 Å². The van der Waals surface area contributed by atoms with Gasteiger partial charge in [0.25, 0.3) is 5.91 Å². The van der Waals surface area contributed by atoms with Crippen LogP contribution >= 0.6 is 11.3 Å². The summed E-state index contributed by atoms with van der Waals surface area (Å²) < 4.78 is 11.4. The second-order valence-electron chi connectivity index (χ2n) is 6.25. The van der Waals surface area contributed by atoms with Gasteiger partial charge in [-0.2, -0.15) is 0 Å². The van der Waals surface area contributed by atoms with Crippen LogP contribution in [-0.2, 0) is 4.74 Å². The van der Waals surface area contributed by atoms with Crippen LogP contribution in [0.1, 0.15) is 47.7 Å². The van der Waals surface area contributed by atoms with Gasteiger partial charge in [-0.25, -0.2) is 4.98 Å². The van der Waals surface area contributed by atoms with Gasteiger partial charge in [-0.15, -0.1) is 11.3 Å². The van der Waals surface area contributed by atoms with E-state index in [0.29, 0.717) is 29.0 Å². The standard InChI is InChI=1S/C18H20N2O3S/c21-17(20-18-19-15(11-24-18)12-7-8-12)14-5-1-2-6-16(14)23-10-13-4-3-9-22-13/h1-2,5-6,11-13H,3-4,7-10H2,(H,19,20,21). The Hall–Kier alpha value is -1.92. The number of carbonyl (C=O) groups excluding carboxylic acids is 1. The van der Waals surface area contributed by atoms with Gasteiger partial charge in [0.15, 0.2) is 5.13 Å². The number of ether oxygens (including phenoxy) is 2. The van der Waals surface area contributed by atoms with Crippen molar-refractivity contribution in [1.82, 2.24) is 4.98 Å². The molecule has 1 unspecified atom stereocenters. The van der Waals surface area contributed by atoms with E-state index in [1.54, 1.807) is 6.07 Å². The molecule has 2 fully saturated rings. The summed E-state index contributed by atoms with van der Waals surface area (Å²) in [5.41, 5.74) is 1.62. The van der Waals surface area contributed by atoms with Crippen LogP contribution in [0.15, 0.2) is 29.6 Å². The molecule has 126 valence electrons. The molecule has 5 nitrogen and oxygen atoms in total. The predicted molar refractivity (Wildman–Crippen MR) is 93.0 cm³/mol. The number of aromatic nitrogens is 1. The van der Waals surface area contributed by atoms with Crippen molar-refractivity contribution in [2.75, 3.05) is 18.5 Å². The Balaban J connectivity index is 1.42. The van der Waals surface area contributed by atoms with E-state index < -0.39 is 0 Å². The van der Waals surface area contributed by atoms with Crippen LogP contribution in [0.4, 0.5) is 5.13 Å². The molecule has 6 heteroatoms. The van der Waals surface area contributed by atoms with E-state index in [2.05, 4.69) is 10.3 Å². The highest BCUT2D eigenvalue weighted by atomic mass is 32.1. The van der Waals surface area contributed by atoms with Crippen molar-refractivity contribution in [3.8, 4) is 5.75 Å². The first kappa shape index (κ1) is 15.6. The van der Waals surface area contributed by atoms with Crippen LogP contribution in [0.5, 0.6) is 5.75 Å². The molecule has 1 aliphatic carbocycles. The van der Waals surface area contributed by atoms with Gasteiger partial charge >= 0.3 is 0 Å². The first-order valence-electron chi connectivity index (χ1n) is 8.40. The summed E-state index contributed by atoms with van der Waals surface area (Å²) in [6.45, 7) is 1.27. The van der Waals surface area contributed by atoms with E-state index in [0.717, 1.165) is 25.1 Å². The van der Waals surface area contributed by atoms with Crippen molar-refractivity contribution in [2.45, 2.75) is 37.7 Å². The van der Waals surface area contributed by atoms with E-state index >= 15 is 0 Å². The average molecular weight is 344 g/mol. The van der Waals surface area contributed by atoms with Crippen molar-refractivity contribution in [3.05, 3.63) is 40.9 Å². The summed E-state index contributed by atoms with van der Waals surface area (Å²) in [6.07, 6.45) is 4.62. The zero-order valence-corrected chi connectivity index (χ0v) is 14.2. The number of benzene rings is 1. The molecule has 4 rings (SSSR count). The normalized spacial score (nSPS) is 20.1. The number of para-hydroxylation sites is 1. The van der Waals surface area contributed by atoms with E-state index in [1.807, 2.05) is 23.6 Å². The molecule has 2 heterocycles. The maximum atomic E-state index is 12.6. The zero-order chi connectivity index (χ0) is 16.4. The largest absolute Gasteiger partial charge is 0.490 e. The van der Waals surface area contributed by atoms with Crippen LogP contribution in [0.3, 0.4) is 0 Å². The number of anilines is 1. The van der Waals surface area contributed by atoms with Gasteiger partial charge in [0.05, 0.1) is 17.4 Å². The lowest BCUT2D eigenvalue weighted by molar-refractivity contribution is 0.0673. The molecule has 0 bridgehead atoms. The highest BCUT2D eigenvalue weighted by molar-refractivity contribution is 7.14. The third-order valence-corrected chi connectivity index (χ3v) is 5.09. The Labute approximate surface area is 145 Å². The van der Waals surface area contributed by atoms with Gasteiger partial charge in [0.1, 0.15) is 12.4 Å². The number of amides is 1. The van der Waals surface area contributed by atoms with Crippen LogP contribution in [-0.4, -0.2) is 30.2 Å². The Morgan fingerprint density at radius 1 is 1.33 bits per heavy atom. The molecular formula is C18H20N2O3S. The van der Waals surface area contributed by atoms with Crippen molar-refractivity contribution < 1.29 is 14.3 Å². The minimum Gasteiger partial charge on any atom is -0.490 e. The number of nitrogens with zero attached hydrogens (tertiary/aromatic N) is 1. The molecule has 2 aromatic rings. The molecule has 0 radical (unpaired) electrons. The molecule has 1 amide bonds. The third-order valence-electron chi connectivity index (χ3n) is 4.32. The quantitative estimate of drug-likeness (QED) is 0.865. The molecular weight excluding hydrogens is 324 g/mol. The molecule has 1 N–H and O–H groups in total. The fourth-order valence-electron chi connectivity index (χ4n) is 2.81. The fourth-order valence-corrected chi connectivity index (χ4v) is 3.60. The first-order valence-corrected chi connectivity index (χ1v) is 9.28. The van der Waals surface area contributed by atoms with Crippen LogP contribution < -0.4 is 10.1 Å². The third kappa shape index (κ3) is 3.60. The van der Waals surface area contributed by atoms with Crippen molar-refractivity contribution in [2.24, 2.45) is 0 Å². The molecule has 24 heavy (non-hydrogen) atoms. The number of thiazole rings is 1. The second kappa shape index (κ2) is 6.91. The van der Waals surface area contributed by atoms with Crippen molar-refractivity contribution in [3.63, 3.8) is 0 Å². The lowest BCUT2D eigenvalue weighted by atomic mass is 10.2. The van der Waals surface area contributed by atoms with Crippen LogP contribution in [0, 0.1) is 0 Å². The van der Waals surface area contributed by atoms with Crippen molar-refractivity contribution >= 4 is 22.4 Å². The Morgan fingerprint density at radius 2 is 2.21 bits per heavy atom. The van der Waals surface area contributed by atoms with E-state index in [9.17, 15) is 4.79 Å². The highest BCUT2D eigenvalue weighted by Gasteiger charge is 2.26. The van der Waals surface area contributed by atoms with Gasteiger partial charge in [0.2, 0.25) is 0 Å². The Morgan fingerprint density at radius 3 is 3.00 bits per heavy atom. The van der Waals surface area contributed by atoms with Gasteiger partial charge in [-0.1, -0.05) is 12.1 Å². The lowest BCUT2D eigenvalue weighted by Gasteiger charge is -2.14. The van der Waals surface area contributed by atoms with E-state index in [1.165, 1.54) is 24.2 Å². The lowest BCUT2D eigenvalue weighted by Crippen LogP contribution is -2.19. The maximum Gasteiger partial charge on any atom is 0.261 e. The molecule has 0 spiro atoms. The van der Waals surface area contributed by atoms with Crippen molar-refractivity contribution in [1.29, 1.82) is 0 Å². The molecule has 1 aromatic carbocycles. The number of carbonyl (C=O) groups is 1. The molecule has 1 saturated carbocycles. The molecule has 1 aliphatic heterocycles. The number of rotatable bonds is 6. The van der Waals surface area contributed by atoms with Crippen LogP contribution in [0.25, 0.3) is 0 Å². The summed E-state index contributed by atoms with van der Waals surface area (Å²) in [6, 6.07) is 7.30. The summed E-state index contributed by atoms with van der Waals surface area (Å²) in [5.74, 6) is 0.994. The van der Waals surface area contributed by atoms with E-state index in [-0.39, 0.29) is 12.0 Å². The number of nitrogens with one attached hydrogen (secondary N) is 1. The van der Waals surface area contributed by atoms with Gasteiger partial charge in [-0.3, -0.25) is 10.1 Å². The molecule has 1 saturated heterocycles. The second-order valence-corrected chi connectivity index (χ2v) is 7.11. The van der Waals surface area contributed by atoms with Gasteiger partial charge in [0, 0.05) is 17.9 Å². The molecule has 2 aliphatic rings. The minimum atomic E-state index is -0.186. The number of hydrogen-bond donors (Lipinski definition) is 1. The Bertz CT molecular complexity index is 721. The molecule has 1 aromatic heterocycles. The van der Waals surface area contributed by atoms with Crippen LogP contribution in [0.2, 0.25) is 0 Å². The summed E-state index contributed by atoms with van der Waals surface area (Å²) >= 11 is 1.48. The van der Waals surface area contributed by atoms with E-state index in [4.69, 9.17) is 9.47 Å². The minimum absolute atomic E-state index is 0.126. The smallest absolute Gasteiger partial charge is 0.261 e. The Kier molecular flexibility index (Phi) is 4.49.